The van der Waals surface area contributed by atoms with Crippen molar-refractivity contribution in [2.75, 3.05) is 19.0 Å². The van der Waals surface area contributed by atoms with Gasteiger partial charge in [0.2, 0.25) is 0 Å². The van der Waals surface area contributed by atoms with Crippen molar-refractivity contribution in [3.8, 4) is 0 Å². The fourth-order valence-corrected chi connectivity index (χ4v) is 1.85. The first-order valence-electron chi connectivity index (χ1n) is 5.34. The molecule has 0 unspecified atom stereocenters. The molecule has 0 aliphatic heterocycles. The summed E-state index contributed by atoms with van der Waals surface area (Å²) in [6, 6.07) is 0. The van der Waals surface area contributed by atoms with Crippen LogP contribution in [0.2, 0.25) is 0 Å². The molecule has 1 rings (SSSR count). The second kappa shape index (κ2) is 5.97. The van der Waals surface area contributed by atoms with Crippen LogP contribution in [0.15, 0.2) is 6.20 Å². The summed E-state index contributed by atoms with van der Waals surface area (Å²) in [4.78, 5) is 16.6. The van der Waals surface area contributed by atoms with Gasteiger partial charge in [-0.25, -0.2) is 9.78 Å². The first-order chi connectivity index (χ1) is 7.90. The van der Waals surface area contributed by atoms with Crippen molar-refractivity contribution in [2.45, 2.75) is 32.8 Å². The molecule has 1 aromatic heterocycles. The lowest BCUT2D eigenvalue weighted by atomic mass is 10.2. The fraction of sp³-hybridized carbons (Fsp3) is 0.636. The maximum atomic E-state index is 11.5. The van der Waals surface area contributed by atoms with E-state index >= 15 is 0 Å². The van der Waals surface area contributed by atoms with E-state index < -0.39 is 11.7 Å². The number of anilines is 1. The molecule has 0 fully saturated rings. The van der Waals surface area contributed by atoms with E-state index in [2.05, 4.69) is 10.3 Å². The van der Waals surface area contributed by atoms with Gasteiger partial charge in [-0.2, -0.15) is 0 Å². The summed E-state index contributed by atoms with van der Waals surface area (Å²) in [7, 11) is 1.65. The van der Waals surface area contributed by atoms with Gasteiger partial charge in [-0.15, -0.1) is 11.3 Å². The van der Waals surface area contributed by atoms with Gasteiger partial charge in [0.1, 0.15) is 5.60 Å². The number of rotatable bonds is 4. The van der Waals surface area contributed by atoms with E-state index in [1.165, 1.54) is 11.3 Å². The van der Waals surface area contributed by atoms with E-state index in [1.807, 2.05) is 20.8 Å². The highest BCUT2D eigenvalue weighted by Gasteiger charge is 2.17. The first-order valence-corrected chi connectivity index (χ1v) is 6.16. The highest BCUT2D eigenvalue weighted by molar-refractivity contribution is 7.15. The molecule has 96 valence electrons. The van der Waals surface area contributed by atoms with E-state index in [1.54, 1.807) is 13.3 Å². The Kier molecular flexibility index (Phi) is 4.89. The number of nitrogens with one attached hydrogen (secondary N) is 1. The maximum absolute atomic E-state index is 11.5. The zero-order valence-corrected chi connectivity index (χ0v) is 11.4. The fourth-order valence-electron chi connectivity index (χ4n) is 1.07. The quantitative estimate of drug-likeness (QED) is 0.902. The van der Waals surface area contributed by atoms with Gasteiger partial charge >= 0.3 is 6.09 Å². The van der Waals surface area contributed by atoms with Crippen molar-refractivity contribution in [1.82, 2.24) is 4.98 Å². The molecule has 0 atom stereocenters. The van der Waals surface area contributed by atoms with E-state index in [0.29, 0.717) is 11.7 Å². The summed E-state index contributed by atoms with van der Waals surface area (Å²) in [5, 5.41) is 3.15. The predicted molar refractivity (Wildman–Crippen MR) is 67.6 cm³/mol. The van der Waals surface area contributed by atoms with Crippen molar-refractivity contribution in [3.05, 3.63) is 11.1 Å². The van der Waals surface area contributed by atoms with Gasteiger partial charge in [-0.05, 0) is 20.8 Å². The molecule has 0 saturated carbocycles. The lowest BCUT2D eigenvalue weighted by Crippen LogP contribution is -2.27. The smallest absolute Gasteiger partial charge is 0.413 e. The highest BCUT2D eigenvalue weighted by atomic mass is 32.1. The third-order valence-electron chi connectivity index (χ3n) is 1.71. The number of amides is 1. The van der Waals surface area contributed by atoms with E-state index in [0.717, 1.165) is 11.3 Å². The van der Waals surface area contributed by atoms with Crippen molar-refractivity contribution in [3.63, 3.8) is 0 Å². The van der Waals surface area contributed by atoms with Crippen LogP contribution < -0.4 is 5.32 Å². The Morgan fingerprint density at radius 2 is 2.24 bits per heavy atom. The predicted octanol–water partition coefficient (Wildman–Crippen LogP) is 2.68. The molecule has 0 aliphatic rings. The molecule has 1 amide bonds. The van der Waals surface area contributed by atoms with Crippen LogP contribution in [0.3, 0.4) is 0 Å². The first kappa shape index (κ1) is 13.9. The summed E-state index contributed by atoms with van der Waals surface area (Å²) in [5.74, 6) is 0. The van der Waals surface area contributed by atoms with Gasteiger partial charge in [0.25, 0.3) is 0 Å². The summed E-state index contributed by atoms with van der Waals surface area (Å²) >= 11 is 1.42. The van der Waals surface area contributed by atoms with Crippen LogP contribution in [-0.4, -0.2) is 30.4 Å². The summed E-state index contributed by atoms with van der Waals surface area (Å²) in [6.45, 7) is 6.10. The summed E-state index contributed by atoms with van der Waals surface area (Å²) in [6.07, 6.45) is 2.05. The van der Waals surface area contributed by atoms with E-state index in [4.69, 9.17) is 9.47 Å². The lowest BCUT2D eigenvalue weighted by Gasteiger charge is -2.18. The molecular formula is C11H18N2O3S. The molecule has 1 N–H and O–H groups in total. The average molecular weight is 258 g/mol. The molecule has 1 aromatic rings. The Morgan fingerprint density at radius 1 is 1.53 bits per heavy atom. The molecule has 0 radical (unpaired) electrons. The summed E-state index contributed by atoms with van der Waals surface area (Å²) < 4.78 is 10.1. The third kappa shape index (κ3) is 5.65. The van der Waals surface area contributed by atoms with Crippen LogP contribution in [0.1, 0.15) is 25.6 Å². The van der Waals surface area contributed by atoms with Crippen LogP contribution in [0, 0.1) is 0 Å². The van der Waals surface area contributed by atoms with Crippen molar-refractivity contribution < 1.29 is 14.3 Å². The molecule has 1 heterocycles. The number of nitrogens with zero attached hydrogens (tertiary/aromatic N) is 1. The standard InChI is InChI=1S/C11H18N2O3S/c1-11(2,3)16-10(14)13-9-12-7-8(17-9)5-6-15-4/h7H,5-6H2,1-4H3,(H,12,13,14). The van der Waals surface area contributed by atoms with Crippen LogP contribution in [0.4, 0.5) is 9.93 Å². The van der Waals surface area contributed by atoms with Gasteiger partial charge < -0.3 is 9.47 Å². The minimum absolute atomic E-state index is 0.481. The molecule has 17 heavy (non-hydrogen) atoms. The Morgan fingerprint density at radius 3 is 2.82 bits per heavy atom. The highest BCUT2D eigenvalue weighted by Crippen LogP contribution is 2.19. The van der Waals surface area contributed by atoms with Crippen LogP contribution in [-0.2, 0) is 15.9 Å². The number of carbonyl (C=O) groups is 1. The minimum atomic E-state index is -0.500. The number of thiazole rings is 1. The zero-order chi connectivity index (χ0) is 12.9. The number of aromatic nitrogens is 1. The van der Waals surface area contributed by atoms with Gasteiger partial charge in [0.15, 0.2) is 5.13 Å². The topological polar surface area (TPSA) is 60.5 Å². The van der Waals surface area contributed by atoms with Gasteiger partial charge in [-0.1, -0.05) is 0 Å². The van der Waals surface area contributed by atoms with Crippen LogP contribution in [0.25, 0.3) is 0 Å². The Labute approximate surface area is 105 Å². The third-order valence-corrected chi connectivity index (χ3v) is 2.69. The van der Waals surface area contributed by atoms with Crippen molar-refractivity contribution in [2.24, 2.45) is 0 Å². The van der Waals surface area contributed by atoms with Crippen LogP contribution >= 0.6 is 11.3 Å². The van der Waals surface area contributed by atoms with E-state index in [-0.39, 0.29) is 0 Å². The van der Waals surface area contributed by atoms with Gasteiger partial charge in [0, 0.05) is 24.6 Å². The normalized spacial score (nSPS) is 11.3. The average Bonchev–Trinajstić information content (AvgIpc) is 2.59. The second-order valence-electron chi connectivity index (χ2n) is 4.50. The number of carbonyl (C=O) groups excluding carboxylic acids is 1. The monoisotopic (exact) mass is 258 g/mol. The number of hydrogen-bond donors (Lipinski definition) is 1. The van der Waals surface area contributed by atoms with Gasteiger partial charge in [-0.3, -0.25) is 5.32 Å². The molecule has 5 nitrogen and oxygen atoms in total. The Hall–Kier alpha value is -1.14. The lowest BCUT2D eigenvalue weighted by molar-refractivity contribution is 0.0636. The van der Waals surface area contributed by atoms with Gasteiger partial charge in [0.05, 0.1) is 6.61 Å². The number of ether oxygens (including phenoxy) is 2. The zero-order valence-electron chi connectivity index (χ0n) is 10.6. The summed E-state index contributed by atoms with van der Waals surface area (Å²) in [5.41, 5.74) is -0.500. The molecule has 0 aromatic carbocycles. The Balaban J connectivity index is 2.46. The molecule has 0 bridgehead atoms. The molecule has 0 aliphatic carbocycles. The molecule has 0 saturated heterocycles. The molecule has 0 spiro atoms. The Bertz CT molecular complexity index is 371. The second-order valence-corrected chi connectivity index (χ2v) is 5.62. The SMILES string of the molecule is COCCc1cnc(NC(=O)OC(C)(C)C)s1. The van der Waals surface area contributed by atoms with Crippen molar-refractivity contribution in [1.29, 1.82) is 0 Å². The molecule has 6 heteroatoms. The number of hydrogen-bond acceptors (Lipinski definition) is 5. The van der Waals surface area contributed by atoms with E-state index in [9.17, 15) is 4.79 Å². The molecular weight excluding hydrogens is 240 g/mol. The number of methoxy groups -OCH3 is 1. The van der Waals surface area contributed by atoms with Crippen LogP contribution in [0.5, 0.6) is 0 Å². The minimum Gasteiger partial charge on any atom is -0.444 e. The largest absolute Gasteiger partial charge is 0.444 e. The maximum Gasteiger partial charge on any atom is 0.413 e. The van der Waals surface area contributed by atoms with Crippen molar-refractivity contribution >= 4 is 22.6 Å².